The highest BCUT2D eigenvalue weighted by atomic mass is 15.1. The Hall–Kier alpha value is -2.02. The van der Waals surface area contributed by atoms with Crippen molar-refractivity contribution in [2.45, 2.75) is 5.92 Å². The molecule has 0 amide bonds. The molecule has 0 N–H and O–H groups in total. The number of anilines is 1. The molecule has 2 aromatic carbocycles. The number of hydrogen-bond donors (Lipinski definition) is 0. The van der Waals surface area contributed by atoms with Crippen LogP contribution in [0.5, 0.6) is 0 Å². The van der Waals surface area contributed by atoms with Crippen LogP contribution in [-0.4, -0.2) is 14.1 Å². The van der Waals surface area contributed by atoms with Crippen molar-refractivity contribution in [3.8, 4) is 0 Å². The zero-order chi connectivity index (χ0) is 13.0. The maximum atomic E-state index is 3.96. The molecule has 18 heavy (non-hydrogen) atoms. The van der Waals surface area contributed by atoms with E-state index >= 15 is 0 Å². The summed E-state index contributed by atoms with van der Waals surface area (Å²) in [6.45, 7) is 3.96. The average Bonchev–Trinajstić information content (AvgIpc) is 2.41. The van der Waals surface area contributed by atoms with Crippen molar-refractivity contribution in [3.63, 3.8) is 0 Å². The average molecular weight is 237 g/mol. The van der Waals surface area contributed by atoms with Crippen LogP contribution in [0.25, 0.3) is 0 Å². The first-order valence-corrected chi connectivity index (χ1v) is 6.17. The standard InChI is InChI=1S/C17H19N/c1-4-17(14-8-6-5-7-9-14)15-10-12-16(13-11-15)18(2)3/h4-13,17H,1H2,2-3H3/t17-/m1/s1. The van der Waals surface area contributed by atoms with Crippen LogP contribution in [0.1, 0.15) is 17.0 Å². The van der Waals surface area contributed by atoms with E-state index in [1.165, 1.54) is 16.8 Å². The number of rotatable bonds is 4. The highest BCUT2D eigenvalue weighted by molar-refractivity contribution is 5.48. The van der Waals surface area contributed by atoms with Gasteiger partial charge in [0.05, 0.1) is 0 Å². The largest absolute Gasteiger partial charge is 0.378 e. The van der Waals surface area contributed by atoms with Gasteiger partial charge in [0.25, 0.3) is 0 Å². The quantitative estimate of drug-likeness (QED) is 0.724. The van der Waals surface area contributed by atoms with E-state index in [0.29, 0.717) is 0 Å². The van der Waals surface area contributed by atoms with Crippen LogP contribution in [0.4, 0.5) is 5.69 Å². The molecule has 2 rings (SSSR count). The number of benzene rings is 2. The number of allylic oxidation sites excluding steroid dienone is 1. The van der Waals surface area contributed by atoms with Crippen LogP contribution in [0.2, 0.25) is 0 Å². The highest BCUT2D eigenvalue weighted by Gasteiger charge is 2.09. The van der Waals surface area contributed by atoms with Crippen LogP contribution in [0.15, 0.2) is 67.3 Å². The van der Waals surface area contributed by atoms with E-state index in [0.717, 1.165) is 0 Å². The third kappa shape index (κ3) is 2.62. The Labute approximate surface area is 109 Å². The van der Waals surface area contributed by atoms with Gasteiger partial charge in [-0.2, -0.15) is 0 Å². The maximum Gasteiger partial charge on any atom is 0.0361 e. The minimum absolute atomic E-state index is 0.266. The second-order valence-electron chi connectivity index (χ2n) is 4.61. The third-order valence-corrected chi connectivity index (χ3v) is 3.16. The van der Waals surface area contributed by atoms with Gasteiger partial charge in [0.2, 0.25) is 0 Å². The van der Waals surface area contributed by atoms with Gasteiger partial charge < -0.3 is 4.90 Å². The molecule has 0 radical (unpaired) electrons. The Morgan fingerprint density at radius 3 is 1.94 bits per heavy atom. The van der Waals surface area contributed by atoms with E-state index in [1.807, 2.05) is 12.1 Å². The van der Waals surface area contributed by atoms with E-state index in [4.69, 9.17) is 0 Å². The summed E-state index contributed by atoms with van der Waals surface area (Å²) in [5.74, 6) is 0.266. The summed E-state index contributed by atoms with van der Waals surface area (Å²) in [4.78, 5) is 2.11. The molecule has 0 fully saturated rings. The van der Waals surface area contributed by atoms with Gasteiger partial charge in [-0.1, -0.05) is 48.5 Å². The Morgan fingerprint density at radius 1 is 0.889 bits per heavy atom. The minimum atomic E-state index is 0.266. The van der Waals surface area contributed by atoms with Gasteiger partial charge in [0, 0.05) is 25.7 Å². The van der Waals surface area contributed by atoms with Crippen LogP contribution in [-0.2, 0) is 0 Å². The molecule has 0 unspecified atom stereocenters. The van der Waals surface area contributed by atoms with Crippen molar-refractivity contribution in [1.82, 2.24) is 0 Å². The predicted octanol–water partition coefficient (Wildman–Crippen LogP) is 4.07. The summed E-state index contributed by atoms with van der Waals surface area (Å²) in [6.07, 6.45) is 2.00. The lowest BCUT2D eigenvalue weighted by Gasteiger charge is -2.16. The summed E-state index contributed by atoms with van der Waals surface area (Å²) in [5.41, 5.74) is 3.78. The van der Waals surface area contributed by atoms with Gasteiger partial charge >= 0.3 is 0 Å². The summed E-state index contributed by atoms with van der Waals surface area (Å²) < 4.78 is 0. The molecule has 1 atom stereocenters. The van der Waals surface area contributed by atoms with Gasteiger partial charge in [0.15, 0.2) is 0 Å². The SMILES string of the molecule is C=C[C@H](c1ccccc1)c1ccc(N(C)C)cc1. The van der Waals surface area contributed by atoms with E-state index in [1.54, 1.807) is 0 Å². The summed E-state index contributed by atoms with van der Waals surface area (Å²) in [6, 6.07) is 19.1. The van der Waals surface area contributed by atoms with Gasteiger partial charge in [0.1, 0.15) is 0 Å². The van der Waals surface area contributed by atoms with Crippen molar-refractivity contribution in [3.05, 3.63) is 78.4 Å². The molecule has 0 aromatic heterocycles. The molecule has 1 nitrogen and oxygen atoms in total. The second kappa shape index (κ2) is 5.54. The minimum Gasteiger partial charge on any atom is -0.378 e. The van der Waals surface area contributed by atoms with Crippen molar-refractivity contribution >= 4 is 5.69 Å². The Bertz CT molecular complexity index is 497. The second-order valence-corrected chi connectivity index (χ2v) is 4.61. The van der Waals surface area contributed by atoms with Crippen LogP contribution < -0.4 is 4.90 Å². The van der Waals surface area contributed by atoms with E-state index < -0.39 is 0 Å². The van der Waals surface area contributed by atoms with Gasteiger partial charge in [-0.05, 0) is 23.3 Å². The molecule has 0 aliphatic rings. The maximum absolute atomic E-state index is 3.96. The molecule has 0 saturated heterocycles. The lowest BCUT2D eigenvalue weighted by atomic mass is 9.91. The van der Waals surface area contributed by atoms with Gasteiger partial charge in [-0.15, -0.1) is 6.58 Å². The van der Waals surface area contributed by atoms with Gasteiger partial charge in [-0.25, -0.2) is 0 Å². The summed E-state index contributed by atoms with van der Waals surface area (Å²) in [7, 11) is 4.11. The van der Waals surface area contributed by atoms with E-state index in [9.17, 15) is 0 Å². The molecule has 2 aromatic rings. The molecule has 0 saturated carbocycles. The molecule has 0 spiro atoms. The van der Waals surface area contributed by atoms with E-state index in [2.05, 4.69) is 74.1 Å². The lowest BCUT2D eigenvalue weighted by Crippen LogP contribution is -2.08. The highest BCUT2D eigenvalue weighted by Crippen LogP contribution is 2.26. The fourth-order valence-electron chi connectivity index (χ4n) is 2.10. The fourth-order valence-corrected chi connectivity index (χ4v) is 2.10. The van der Waals surface area contributed by atoms with Crippen LogP contribution >= 0.6 is 0 Å². The first-order chi connectivity index (χ1) is 8.72. The number of nitrogens with zero attached hydrogens (tertiary/aromatic N) is 1. The predicted molar refractivity (Wildman–Crippen MR) is 79.3 cm³/mol. The third-order valence-electron chi connectivity index (χ3n) is 3.16. The Balaban J connectivity index is 2.31. The molecular formula is C17H19N. The molecule has 0 bridgehead atoms. The Morgan fingerprint density at radius 2 is 1.44 bits per heavy atom. The van der Waals surface area contributed by atoms with E-state index in [-0.39, 0.29) is 5.92 Å². The first kappa shape index (κ1) is 12.4. The zero-order valence-corrected chi connectivity index (χ0v) is 11.0. The van der Waals surface area contributed by atoms with Crippen molar-refractivity contribution < 1.29 is 0 Å². The monoisotopic (exact) mass is 237 g/mol. The van der Waals surface area contributed by atoms with Crippen LogP contribution in [0.3, 0.4) is 0 Å². The molecular weight excluding hydrogens is 218 g/mol. The molecule has 0 heterocycles. The molecule has 92 valence electrons. The van der Waals surface area contributed by atoms with Crippen molar-refractivity contribution in [2.75, 3.05) is 19.0 Å². The zero-order valence-electron chi connectivity index (χ0n) is 11.0. The normalized spacial score (nSPS) is 11.9. The number of hydrogen-bond acceptors (Lipinski definition) is 1. The molecule has 0 aliphatic heterocycles. The molecule has 0 aliphatic carbocycles. The van der Waals surface area contributed by atoms with Crippen molar-refractivity contribution in [1.29, 1.82) is 0 Å². The van der Waals surface area contributed by atoms with Gasteiger partial charge in [-0.3, -0.25) is 0 Å². The lowest BCUT2D eigenvalue weighted by molar-refractivity contribution is 1.02. The summed E-state index contributed by atoms with van der Waals surface area (Å²) >= 11 is 0. The molecule has 1 heteroatoms. The summed E-state index contributed by atoms with van der Waals surface area (Å²) in [5, 5.41) is 0. The smallest absolute Gasteiger partial charge is 0.0361 e. The van der Waals surface area contributed by atoms with Crippen molar-refractivity contribution in [2.24, 2.45) is 0 Å². The van der Waals surface area contributed by atoms with Crippen LogP contribution in [0, 0.1) is 0 Å². The topological polar surface area (TPSA) is 3.24 Å². The fraction of sp³-hybridized carbons (Fsp3) is 0.176. The Kier molecular flexibility index (Phi) is 3.83. The first-order valence-electron chi connectivity index (χ1n) is 6.17.